The second-order valence-electron chi connectivity index (χ2n) is 7.80. The number of nitro benzene ring substituents is 1. The molecule has 4 rings (SSSR count). The lowest BCUT2D eigenvalue weighted by atomic mass is 10.0. The Morgan fingerprint density at radius 3 is 2.48 bits per heavy atom. The van der Waals surface area contributed by atoms with Crippen molar-refractivity contribution >= 4 is 70.0 Å². The molecular formula is C23H20ClN3O4S2. The maximum Gasteiger partial charge on any atom is 0.283 e. The van der Waals surface area contributed by atoms with Gasteiger partial charge in [0.05, 0.1) is 15.5 Å². The van der Waals surface area contributed by atoms with E-state index < -0.39 is 16.7 Å². The molecule has 2 aromatic rings. The maximum atomic E-state index is 13.1. The lowest BCUT2D eigenvalue weighted by molar-refractivity contribution is -0.387. The Balaban J connectivity index is 1.64. The topological polar surface area (TPSA) is 92.6 Å². The van der Waals surface area contributed by atoms with Gasteiger partial charge in [0.1, 0.15) is 5.57 Å². The van der Waals surface area contributed by atoms with Crippen molar-refractivity contribution in [2.24, 2.45) is 0 Å². The standard InChI is InChI=1S/C23H20ClN3O4S2/c24-15-7-9-16(10-8-15)26-22(29)18(21(28)25-23(26)32)12-14-6-11-20(19(13-14)27(30)31)33-17-4-2-1-3-5-17/h6-13,17H,1-5H2,(H,25,28,32)/b18-12+. The monoisotopic (exact) mass is 501 g/mol. The summed E-state index contributed by atoms with van der Waals surface area (Å²) in [6.45, 7) is 0. The molecule has 1 heterocycles. The number of nitrogens with zero attached hydrogens (tertiary/aromatic N) is 2. The number of hydrogen-bond acceptors (Lipinski definition) is 6. The molecule has 1 saturated heterocycles. The van der Waals surface area contributed by atoms with Gasteiger partial charge in [0.15, 0.2) is 5.11 Å². The number of nitro groups is 1. The number of carbonyl (C=O) groups is 2. The summed E-state index contributed by atoms with van der Waals surface area (Å²) in [5.74, 6) is -1.27. The largest absolute Gasteiger partial charge is 0.298 e. The number of thiocarbonyl (C=S) groups is 1. The first kappa shape index (κ1) is 23.4. The summed E-state index contributed by atoms with van der Waals surface area (Å²) in [4.78, 5) is 38.7. The van der Waals surface area contributed by atoms with Crippen LogP contribution in [0.2, 0.25) is 5.02 Å². The highest BCUT2D eigenvalue weighted by Gasteiger charge is 2.34. The van der Waals surface area contributed by atoms with Crippen LogP contribution in [-0.4, -0.2) is 27.1 Å². The highest BCUT2D eigenvalue weighted by Crippen LogP contribution is 2.38. The average molecular weight is 502 g/mol. The van der Waals surface area contributed by atoms with E-state index in [0.29, 0.717) is 26.4 Å². The minimum atomic E-state index is -0.654. The number of amides is 2. The first-order valence-electron chi connectivity index (χ1n) is 10.5. The molecule has 2 amide bonds. The first-order chi connectivity index (χ1) is 15.8. The summed E-state index contributed by atoms with van der Waals surface area (Å²) in [6, 6.07) is 11.2. The molecule has 2 fully saturated rings. The van der Waals surface area contributed by atoms with E-state index in [0.717, 1.165) is 25.7 Å². The average Bonchev–Trinajstić information content (AvgIpc) is 2.79. The molecule has 1 N–H and O–H groups in total. The van der Waals surface area contributed by atoms with Crippen LogP contribution in [0.3, 0.4) is 0 Å². The second kappa shape index (κ2) is 10.0. The Labute approximate surface area is 205 Å². The Bertz CT molecular complexity index is 1160. The van der Waals surface area contributed by atoms with Crippen molar-refractivity contribution in [1.82, 2.24) is 5.32 Å². The van der Waals surface area contributed by atoms with Crippen molar-refractivity contribution in [1.29, 1.82) is 0 Å². The van der Waals surface area contributed by atoms with Crippen molar-refractivity contribution in [3.63, 3.8) is 0 Å². The lowest BCUT2D eigenvalue weighted by Crippen LogP contribution is -2.54. The molecule has 0 bridgehead atoms. The molecule has 1 aliphatic carbocycles. The van der Waals surface area contributed by atoms with Gasteiger partial charge in [-0.15, -0.1) is 11.8 Å². The molecule has 0 unspecified atom stereocenters. The van der Waals surface area contributed by atoms with E-state index >= 15 is 0 Å². The predicted molar refractivity (Wildman–Crippen MR) is 133 cm³/mol. The van der Waals surface area contributed by atoms with Crippen LogP contribution in [0.4, 0.5) is 11.4 Å². The number of halogens is 1. The molecule has 33 heavy (non-hydrogen) atoms. The molecule has 10 heteroatoms. The van der Waals surface area contributed by atoms with E-state index in [4.69, 9.17) is 23.8 Å². The molecule has 1 saturated carbocycles. The summed E-state index contributed by atoms with van der Waals surface area (Å²) >= 11 is 12.6. The van der Waals surface area contributed by atoms with Crippen molar-refractivity contribution in [3.8, 4) is 0 Å². The number of nitrogens with one attached hydrogen (secondary N) is 1. The molecule has 1 aliphatic heterocycles. The van der Waals surface area contributed by atoms with E-state index in [1.807, 2.05) is 0 Å². The lowest BCUT2D eigenvalue weighted by Gasteiger charge is -2.29. The number of anilines is 1. The molecule has 0 atom stereocenters. The van der Waals surface area contributed by atoms with Crippen LogP contribution in [-0.2, 0) is 9.59 Å². The number of hydrogen-bond donors (Lipinski definition) is 1. The molecule has 2 aliphatic rings. The Morgan fingerprint density at radius 2 is 1.82 bits per heavy atom. The number of carbonyl (C=O) groups excluding carboxylic acids is 2. The Morgan fingerprint density at radius 1 is 1.12 bits per heavy atom. The van der Waals surface area contributed by atoms with Gasteiger partial charge in [-0.25, -0.2) is 0 Å². The van der Waals surface area contributed by atoms with E-state index in [2.05, 4.69) is 5.32 Å². The van der Waals surface area contributed by atoms with Gasteiger partial charge in [-0.3, -0.25) is 29.9 Å². The minimum Gasteiger partial charge on any atom is -0.298 e. The molecule has 7 nitrogen and oxygen atoms in total. The Hall–Kier alpha value is -2.75. The fraction of sp³-hybridized carbons (Fsp3) is 0.261. The zero-order valence-corrected chi connectivity index (χ0v) is 19.8. The fourth-order valence-corrected chi connectivity index (χ4v) is 5.61. The Kier molecular flexibility index (Phi) is 7.11. The molecule has 0 aromatic heterocycles. The van der Waals surface area contributed by atoms with Crippen molar-refractivity contribution in [2.45, 2.75) is 42.2 Å². The van der Waals surface area contributed by atoms with Gasteiger partial charge in [0, 0.05) is 16.3 Å². The number of benzene rings is 2. The van der Waals surface area contributed by atoms with Crippen molar-refractivity contribution < 1.29 is 14.5 Å². The second-order valence-corrected chi connectivity index (χ2v) is 9.96. The third-order valence-corrected chi connectivity index (χ3v) is 7.46. The maximum absolute atomic E-state index is 13.1. The fourth-order valence-electron chi connectivity index (χ4n) is 3.88. The molecule has 2 aromatic carbocycles. The van der Waals surface area contributed by atoms with Crippen LogP contribution >= 0.6 is 35.6 Å². The summed E-state index contributed by atoms with van der Waals surface area (Å²) in [5.41, 5.74) is 0.636. The predicted octanol–water partition coefficient (Wildman–Crippen LogP) is 5.50. The third-order valence-electron chi connectivity index (χ3n) is 5.52. The van der Waals surface area contributed by atoms with E-state index in [1.165, 1.54) is 35.2 Å². The van der Waals surface area contributed by atoms with Gasteiger partial charge in [-0.1, -0.05) is 36.9 Å². The highest BCUT2D eigenvalue weighted by molar-refractivity contribution is 8.00. The molecular weight excluding hydrogens is 482 g/mol. The van der Waals surface area contributed by atoms with Gasteiger partial charge >= 0.3 is 0 Å². The van der Waals surface area contributed by atoms with Crippen LogP contribution in [0.15, 0.2) is 52.9 Å². The highest BCUT2D eigenvalue weighted by atomic mass is 35.5. The van der Waals surface area contributed by atoms with Gasteiger partial charge < -0.3 is 0 Å². The van der Waals surface area contributed by atoms with Crippen LogP contribution in [0.25, 0.3) is 6.08 Å². The summed E-state index contributed by atoms with van der Waals surface area (Å²) in [7, 11) is 0. The van der Waals surface area contributed by atoms with Gasteiger partial charge in [0.25, 0.3) is 17.5 Å². The van der Waals surface area contributed by atoms with E-state index in [-0.39, 0.29) is 16.4 Å². The number of thioether (sulfide) groups is 1. The zero-order valence-electron chi connectivity index (χ0n) is 17.5. The van der Waals surface area contributed by atoms with E-state index in [1.54, 1.807) is 36.4 Å². The summed E-state index contributed by atoms with van der Waals surface area (Å²) in [6.07, 6.45) is 6.92. The van der Waals surface area contributed by atoms with Gasteiger partial charge in [-0.05, 0) is 67.0 Å². The third kappa shape index (κ3) is 5.26. The van der Waals surface area contributed by atoms with E-state index in [9.17, 15) is 19.7 Å². The summed E-state index contributed by atoms with van der Waals surface area (Å²) in [5, 5.41) is 15.0. The van der Waals surface area contributed by atoms with Crippen LogP contribution in [0.5, 0.6) is 0 Å². The van der Waals surface area contributed by atoms with Crippen LogP contribution < -0.4 is 10.2 Å². The normalized spacial score (nSPS) is 18.5. The smallest absolute Gasteiger partial charge is 0.283 e. The quantitative estimate of drug-likeness (QED) is 0.191. The molecule has 0 spiro atoms. The van der Waals surface area contributed by atoms with Gasteiger partial charge in [-0.2, -0.15) is 0 Å². The van der Waals surface area contributed by atoms with Crippen molar-refractivity contribution in [2.75, 3.05) is 4.90 Å². The SMILES string of the molecule is O=C1NC(=S)N(c2ccc(Cl)cc2)C(=O)/C1=C/c1ccc(SC2CCCCC2)c([N+](=O)[O-])c1. The molecule has 170 valence electrons. The zero-order chi connectivity index (χ0) is 23.5. The van der Waals surface area contributed by atoms with Gasteiger partial charge in [0.2, 0.25) is 0 Å². The van der Waals surface area contributed by atoms with Crippen molar-refractivity contribution in [3.05, 3.63) is 68.7 Å². The number of rotatable bonds is 5. The first-order valence-corrected chi connectivity index (χ1v) is 12.1. The summed E-state index contributed by atoms with van der Waals surface area (Å²) < 4.78 is 0. The minimum absolute atomic E-state index is 0.0336. The molecule has 0 radical (unpaired) electrons. The van der Waals surface area contributed by atoms with Crippen LogP contribution in [0.1, 0.15) is 37.7 Å². The van der Waals surface area contributed by atoms with Crippen LogP contribution in [0, 0.1) is 10.1 Å².